The van der Waals surface area contributed by atoms with Gasteiger partial charge in [0.2, 0.25) is 5.91 Å². The van der Waals surface area contributed by atoms with Crippen LogP contribution in [0.5, 0.6) is 0 Å². The van der Waals surface area contributed by atoms with Gasteiger partial charge in [-0.1, -0.05) is 35.5 Å². The van der Waals surface area contributed by atoms with Gasteiger partial charge in [0, 0.05) is 26.2 Å². The maximum atomic E-state index is 12.8. The summed E-state index contributed by atoms with van der Waals surface area (Å²) in [5.41, 5.74) is 7.75. The minimum Gasteiger partial charge on any atom is -0.368 e. The van der Waals surface area contributed by atoms with E-state index in [1.807, 2.05) is 35.2 Å². The van der Waals surface area contributed by atoms with Crippen LogP contribution in [0.15, 0.2) is 34.9 Å². The van der Waals surface area contributed by atoms with Gasteiger partial charge in [-0.2, -0.15) is 0 Å². The van der Waals surface area contributed by atoms with E-state index >= 15 is 0 Å². The van der Waals surface area contributed by atoms with Crippen LogP contribution >= 0.6 is 0 Å². The van der Waals surface area contributed by atoms with Crippen molar-refractivity contribution in [2.45, 2.75) is 26.4 Å². The van der Waals surface area contributed by atoms with Gasteiger partial charge in [0.1, 0.15) is 17.4 Å². The second-order valence-electron chi connectivity index (χ2n) is 6.32. The Labute approximate surface area is 146 Å². The van der Waals surface area contributed by atoms with E-state index in [1.165, 1.54) is 0 Å². The summed E-state index contributed by atoms with van der Waals surface area (Å²) in [4.78, 5) is 28.4. The van der Waals surface area contributed by atoms with Crippen LogP contribution in [-0.4, -0.2) is 52.4 Å². The molecule has 25 heavy (non-hydrogen) atoms. The van der Waals surface area contributed by atoms with Crippen molar-refractivity contribution in [2.75, 3.05) is 19.6 Å². The highest BCUT2D eigenvalue weighted by atomic mass is 16.5. The normalized spacial score (nSPS) is 18.3. The molecule has 1 atom stereocenters. The number of hydrogen-bond donors (Lipinski definition) is 1. The summed E-state index contributed by atoms with van der Waals surface area (Å²) in [6.07, 6.45) is 0. The van der Waals surface area contributed by atoms with Crippen molar-refractivity contribution in [1.29, 1.82) is 0 Å². The lowest BCUT2D eigenvalue weighted by Crippen LogP contribution is -2.59. The highest BCUT2D eigenvalue weighted by Crippen LogP contribution is 2.19. The van der Waals surface area contributed by atoms with Gasteiger partial charge in [0.15, 0.2) is 0 Å². The smallest absolute Gasteiger partial charge is 0.259 e. The van der Waals surface area contributed by atoms with E-state index in [1.54, 1.807) is 18.7 Å². The maximum absolute atomic E-state index is 12.8. The summed E-state index contributed by atoms with van der Waals surface area (Å²) in [7, 11) is 0. The van der Waals surface area contributed by atoms with Crippen LogP contribution in [0.3, 0.4) is 0 Å². The van der Waals surface area contributed by atoms with E-state index in [0.29, 0.717) is 36.7 Å². The molecule has 2 heterocycles. The fourth-order valence-electron chi connectivity index (χ4n) is 3.23. The molecule has 7 nitrogen and oxygen atoms in total. The number of carbonyl (C=O) groups excluding carboxylic acids is 2. The van der Waals surface area contributed by atoms with Gasteiger partial charge >= 0.3 is 0 Å². The third-order valence-electron chi connectivity index (χ3n) is 4.58. The van der Waals surface area contributed by atoms with E-state index in [4.69, 9.17) is 10.3 Å². The Morgan fingerprint density at radius 2 is 1.96 bits per heavy atom. The SMILES string of the molecule is Cc1noc(C)c1C(=O)N1CCN(Cc2ccccc2)[C@@H](C(N)=O)C1. The monoisotopic (exact) mass is 342 g/mol. The average molecular weight is 342 g/mol. The number of benzene rings is 1. The van der Waals surface area contributed by atoms with Gasteiger partial charge in [0.05, 0.1) is 5.69 Å². The van der Waals surface area contributed by atoms with Gasteiger partial charge in [-0.05, 0) is 19.4 Å². The molecule has 1 saturated heterocycles. The van der Waals surface area contributed by atoms with Crippen LogP contribution in [0.2, 0.25) is 0 Å². The molecule has 1 aromatic carbocycles. The molecular weight excluding hydrogens is 320 g/mol. The molecule has 3 rings (SSSR count). The number of nitrogens with zero attached hydrogens (tertiary/aromatic N) is 3. The van der Waals surface area contributed by atoms with Crippen LogP contribution in [0, 0.1) is 13.8 Å². The van der Waals surface area contributed by atoms with Gasteiger partial charge in [-0.25, -0.2) is 0 Å². The third-order valence-corrected chi connectivity index (χ3v) is 4.58. The quantitative estimate of drug-likeness (QED) is 0.898. The van der Waals surface area contributed by atoms with Crippen molar-refractivity contribution < 1.29 is 14.1 Å². The van der Waals surface area contributed by atoms with Crippen molar-refractivity contribution in [3.05, 3.63) is 52.9 Å². The largest absolute Gasteiger partial charge is 0.368 e. The topological polar surface area (TPSA) is 92.7 Å². The predicted octanol–water partition coefficient (Wildman–Crippen LogP) is 1.10. The molecule has 0 unspecified atom stereocenters. The lowest BCUT2D eigenvalue weighted by molar-refractivity contribution is -0.125. The highest BCUT2D eigenvalue weighted by Gasteiger charge is 2.34. The first-order valence-electron chi connectivity index (χ1n) is 8.27. The van der Waals surface area contributed by atoms with Crippen LogP contribution in [0.25, 0.3) is 0 Å². The van der Waals surface area contributed by atoms with Crippen molar-refractivity contribution in [1.82, 2.24) is 15.0 Å². The molecule has 1 fully saturated rings. The van der Waals surface area contributed by atoms with E-state index < -0.39 is 11.9 Å². The molecule has 0 aliphatic carbocycles. The molecule has 2 N–H and O–H groups in total. The Kier molecular flexibility index (Phi) is 4.85. The van der Waals surface area contributed by atoms with Gasteiger partial charge < -0.3 is 15.2 Å². The number of hydrogen-bond acceptors (Lipinski definition) is 5. The third kappa shape index (κ3) is 3.56. The second-order valence-corrected chi connectivity index (χ2v) is 6.32. The molecule has 0 bridgehead atoms. The first-order chi connectivity index (χ1) is 12.0. The van der Waals surface area contributed by atoms with Crippen molar-refractivity contribution in [3.8, 4) is 0 Å². The molecule has 0 radical (unpaired) electrons. The van der Waals surface area contributed by atoms with Crippen LogP contribution < -0.4 is 5.73 Å². The molecule has 0 spiro atoms. The van der Waals surface area contributed by atoms with E-state index in [2.05, 4.69) is 5.16 Å². The summed E-state index contributed by atoms with van der Waals surface area (Å²) in [6, 6.07) is 9.39. The first kappa shape index (κ1) is 17.2. The summed E-state index contributed by atoms with van der Waals surface area (Å²) >= 11 is 0. The molecule has 1 aromatic heterocycles. The molecular formula is C18H22N4O3. The van der Waals surface area contributed by atoms with E-state index in [9.17, 15) is 9.59 Å². The van der Waals surface area contributed by atoms with Gasteiger partial charge in [-0.15, -0.1) is 0 Å². The second kappa shape index (κ2) is 7.06. The Morgan fingerprint density at radius 3 is 2.56 bits per heavy atom. The fourth-order valence-corrected chi connectivity index (χ4v) is 3.23. The van der Waals surface area contributed by atoms with E-state index in [-0.39, 0.29) is 12.5 Å². The number of piperazine rings is 1. The predicted molar refractivity (Wildman–Crippen MR) is 91.7 cm³/mol. The number of aromatic nitrogens is 1. The zero-order valence-electron chi connectivity index (χ0n) is 14.4. The van der Waals surface area contributed by atoms with E-state index in [0.717, 1.165) is 5.56 Å². The van der Waals surface area contributed by atoms with Crippen LogP contribution in [0.1, 0.15) is 27.4 Å². The summed E-state index contributed by atoms with van der Waals surface area (Å²) in [5, 5.41) is 3.83. The molecule has 0 saturated carbocycles. The Bertz CT molecular complexity index is 752. The minimum atomic E-state index is -0.515. The number of carbonyl (C=O) groups is 2. The summed E-state index contributed by atoms with van der Waals surface area (Å²) < 4.78 is 5.08. The Hall–Kier alpha value is -2.67. The summed E-state index contributed by atoms with van der Waals surface area (Å²) in [6.45, 7) is 5.45. The standard InChI is InChI=1S/C18H22N4O3/c1-12-16(13(2)25-20-12)18(24)22-9-8-21(15(11-22)17(19)23)10-14-6-4-3-5-7-14/h3-7,15H,8-11H2,1-2H3,(H2,19,23)/t15-/m1/s1. The molecule has 2 aromatic rings. The number of aryl methyl sites for hydroxylation is 2. The number of primary amides is 1. The zero-order chi connectivity index (χ0) is 18.0. The molecule has 1 aliphatic heterocycles. The van der Waals surface area contributed by atoms with Crippen molar-refractivity contribution in [2.24, 2.45) is 5.73 Å². The van der Waals surface area contributed by atoms with Crippen LogP contribution in [-0.2, 0) is 11.3 Å². The van der Waals surface area contributed by atoms with Crippen molar-refractivity contribution in [3.63, 3.8) is 0 Å². The number of amides is 2. The lowest BCUT2D eigenvalue weighted by Gasteiger charge is -2.39. The molecule has 132 valence electrons. The van der Waals surface area contributed by atoms with Crippen LogP contribution in [0.4, 0.5) is 0 Å². The number of nitrogens with two attached hydrogens (primary N) is 1. The molecule has 1 aliphatic rings. The zero-order valence-corrected chi connectivity index (χ0v) is 14.4. The Morgan fingerprint density at radius 1 is 1.24 bits per heavy atom. The molecule has 2 amide bonds. The Balaban J connectivity index is 1.75. The fraction of sp³-hybridized carbons (Fsp3) is 0.389. The average Bonchev–Trinajstić information content (AvgIpc) is 2.94. The highest BCUT2D eigenvalue weighted by molar-refractivity contribution is 5.96. The maximum Gasteiger partial charge on any atom is 0.259 e. The van der Waals surface area contributed by atoms with Gasteiger partial charge in [0.25, 0.3) is 5.91 Å². The first-order valence-corrected chi connectivity index (χ1v) is 8.27. The minimum absolute atomic E-state index is 0.165. The molecule has 7 heteroatoms. The number of rotatable bonds is 4. The lowest BCUT2D eigenvalue weighted by atomic mass is 10.1. The van der Waals surface area contributed by atoms with Gasteiger partial charge in [-0.3, -0.25) is 14.5 Å². The summed E-state index contributed by atoms with van der Waals surface area (Å²) in [5.74, 6) is -0.0982. The van der Waals surface area contributed by atoms with Crippen molar-refractivity contribution >= 4 is 11.8 Å².